The fourth-order valence-electron chi connectivity index (χ4n) is 4.90. The second-order valence-electron chi connectivity index (χ2n) is 8.37. The van der Waals surface area contributed by atoms with Crippen LogP contribution in [0.15, 0.2) is 47.9 Å². The molecular weight excluding hydrogens is 452 g/mol. The highest BCUT2D eigenvalue weighted by molar-refractivity contribution is 6.00. The molecule has 0 saturated heterocycles. The molecule has 10 heteroatoms. The third kappa shape index (κ3) is 3.71. The Morgan fingerprint density at radius 2 is 1.63 bits per heavy atom. The van der Waals surface area contributed by atoms with Gasteiger partial charge in [-0.1, -0.05) is 6.07 Å². The minimum Gasteiger partial charge on any atom is -0.504 e. The summed E-state index contributed by atoms with van der Waals surface area (Å²) in [5.74, 6) is 2.37. The third-order valence-corrected chi connectivity index (χ3v) is 6.54. The van der Waals surface area contributed by atoms with E-state index in [1.54, 1.807) is 44.2 Å². The predicted molar refractivity (Wildman–Crippen MR) is 127 cm³/mol. The highest BCUT2D eigenvalue weighted by Gasteiger charge is 2.40. The van der Waals surface area contributed by atoms with Crippen LogP contribution >= 0.6 is 0 Å². The van der Waals surface area contributed by atoms with Crippen LogP contribution in [0.5, 0.6) is 28.7 Å². The van der Waals surface area contributed by atoms with Crippen LogP contribution in [-0.2, 0) is 4.79 Å². The lowest BCUT2D eigenvalue weighted by molar-refractivity contribution is -0.116. The second kappa shape index (κ2) is 8.86. The van der Waals surface area contributed by atoms with Gasteiger partial charge in [0, 0.05) is 17.7 Å². The predicted octanol–water partition coefficient (Wildman–Crippen LogP) is 3.43. The third-order valence-electron chi connectivity index (χ3n) is 6.54. The minimum atomic E-state index is -0.494. The van der Waals surface area contributed by atoms with Crippen molar-refractivity contribution >= 4 is 11.7 Å². The van der Waals surface area contributed by atoms with E-state index in [2.05, 4.69) is 15.4 Å². The number of nitrogens with zero attached hydrogens (tertiary/aromatic N) is 3. The smallest absolute Gasteiger partial charge is 0.226 e. The quantitative estimate of drug-likeness (QED) is 0.549. The van der Waals surface area contributed by atoms with Crippen LogP contribution in [0.3, 0.4) is 0 Å². The van der Waals surface area contributed by atoms with Gasteiger partial charge in [-0.2, -0.15) is 10.1 Å². The molecular formula is C25H26N4O6. The van der Waals surface area contributed by atoms with Crippen molar-refractivity contribution in [2.75, 3.05) is 33.8 Å². The van der Waals surface area contributed by atoms with Gasteiger partial charge in [-0.25, -0.2) is 4.68 Å². The normalized spacial score (nSPS) is 18.9. The number of aromatic nitrogens is 3. The Kier molecular flexibility index (Phi) is 5.72. The fraction of sp³-hybridized carbons (Fsp3) is 0.320. The molecule has 2 N–H and O–H groups in total. The van der Waals surface area contributed by atoms with Crippen molar-refractivity contribution in [1.29, 1.82) is 0 Å². The molecule has 1 aromatic heterocycles. The van der Waals surface area contributed by atoms with Gasteiger partial charge in [-0.15, -0.1) is 0 Å². The summed E-state index contributed by atoms with van der Waals surface area (Å²) in [7, 11) is 6.18. The van der Waals surface area contributed by atoms with Gasteiger partial charge in [-0.3, -0.25) is 4.79 Å². The van der Waals surface area contributed by atoms with Gasteiger partial charge < -0.3 is 29.4 Å². The van der Waals surface area contributed by atoms with Gasteiger partial charge in [0.05, 0.1) is 28.4 Å². The number of aromatic hydroxyl groups is 1. The van der Waals surface area contributed by atoms with Gasteiger partial charge in [0.2, 0.25) is 11.7 Å². The lowest BCUT2D eigenvalue weighted by Crippen LogP contribution is -2.33. The van der Waals surface area contributed by atoms with Crippen LogP contribution in [0.4, 0.5) is 5.95 Å². The van der Waals surface area contributed by atoms with Crippen LogP contribution in [0, 0.1) is 0 Å². The number of carbonyl (C=O) groups excluding carboxylic acids is 1. The van der Waals surface area contributed by atoms with E-state index in [0.717, 1.165) is 16.8 Å². The molecule has 2 atom stereocenters. The summed E-state index contributed by atoms with van der Waals surface area (Å²) in [6.45, 7) is 0. The zero-order valence-electron chi connectivity index (χ0n) is 19.9. The van der Waals surface area contributed by atoms with Crippen molar-refractivity contribution in [2.45, 2.75) is 24.8 Å². The van der Waals surface area contributed by atoms with E-state index in [4.69, 9.17) is 18.9 Å². The maximum Gasteiger partial charge on any atom is 0.226 e. The molecule has 0 unspecified atom stereocenters. The average molecular weight is 479 g/mol. The van der Waals surface area contributed by atoms with Crippen molar-refractivity contribution < 1.29 is 28.8 Å². The second-order valence-corrected chi connectivity index (χ2v) is 8.37. The monoisotopic (exact) mass is 478 g/mol. The molecule has 2 aromatic carbocycles. The van der Waals surface area contributed by atoms with E-state index in [1.807, 2.05) is 12.1 Å². The van der Waals surface area contributed by atoms with Crippen LogP contribution in [-0.4, -0.2) is 54.1 Å². The first kappa shape index (κ1) is 22.6. The van der Waals surface area contributed by atoms with Gasteiger partial charge in [-0.05, 0) is 47.7 Å². The molecule has 2 aliphatic rings. The number of phenols is 1. The van der Waals surface area contributed by atoms with Crippen molar-refractivity contribution in [3.05, 3.63) is 59.1 Å². The lowest BCUT2D eigenvalue weighted by atomic mass is 9.77. The minimum absolute atomic E-state index is 0.00399. The van der Waals surface area contributed by atoms with Crippen molar-refractivity contribution in [3.8, 4) is 28.7 Å². The van der Waals surface area contributed by atoms with E-state index in [9.17, 15) is 9.90 Å². The molecule has 35 heavy (non-hydrogen) atoms. The van der Waals surface area contributed by atoms with E-state index in [1.165, 1.54) is 13.4 Å². The summed E-state index contributed by atoms with van der Waals surface area (Å²) in [6.07, 6.45) is 2.33. The Morgan fingerprint density at radius 3 is 2.29 bits per heavy atom. The van der Waals surface area contributed by atoms with Gasteiger partial charge in [0.25, 0.3) is 0 Å². The van der Waals surface area contributed by atoms with Crippen molar-refractivity contribution in [2.24, 2.45) is 0 Å². The van der Waals surface area contributed by atoms with Crippen LogP contribution in [0.2, 0.25) is 0 Å². The molecule has 3 aromatic rings. The summed E-state index contributed by atoms with van der Waals surface area (Å²) in [6, 6.07) is 8.32. The van der Waals surface area contributed by atoms with Crippen LogP contribution in [0.1, 0.15) is 35.9 Å². The molecule has 1 aliphatic carbocycles. The lowest BCUT2D eigenvalue weighted by Gasteiger charge is -2.35. The first-order valence-corrected chi connectivity index (χ1v) is 11.1. The number of ketones is 1. The summed E-state index contributed by atoms with van der Waals surface area (Å²) in [4.78, 5) is 18.0. The molecule has 0 amide bonds. The first-order chi connectivity index (χ1) is 17.0. The number of Topliss-reactive ketones (excluding diaryl/α,β-unsaturated/α-hetero) is 1. The molecule has 0 fully saturated rings. The van der Waals surface area contributed by atoms with Crippen LogP contribution in [0.25, 0.3) is 0 Å². The Hall–Kier alpha value is -4.21. The van der Waals surface area contributed by atoms with E-state index < -0.39 is 6.04 Å². The molecule has 5 rings (SSSR count). The topological polar surface area (TPSA) is 117 Å². The summed E-state index contributed by atoms with van der Waals surface area (Å²) >= 11 is 0. The maximum absolute atomic E-state index is 13.7. The summed E-state index contributed by atoms with van der Waals surface area (Å²) < 4.78 is 23.5. The molecule has 0 saturated carbocycles. The number of nitrogens with one attached hydrogen (secondary N) is 1. The number of ether oxygens (including phenoxy) is 4. The number of fused-ring (bicyclic) bond motifs is 1. The average Bonchev–Trinajstić information content (AvgIpc) is 3.35. The molecule has 10 nitrogen and oxygen atoms in total. The number of carbonyl (C=O) groups is 1. The standard InChI is InChI=1S/C25H26N4O6/c1-32-19-9-13(5-6-17(19)30)23-22-16(28-25-26-12-27-29(23)25)7-14(8-18(22)31)15-10-20(33-2)24(35-4)21(11-15)34-3/h5-6,9-12,14,23,30H,7-8H2,1-4H3,(H,26,27,28)/t14-,23-/m0/s1. The highest BCUT2D eigenvalue weighted by atomic mass is 16.5. The number of methoxy groups -OCH3 is 4. The number of anilines is 1. The van der Waals surface area contributed by atoms with E-state index >= 15 is 0 Å². The maximum atomic E-state index is 13.7. The van der Waals surface area contributed by atoms with Gasteiger partial charge >= 0.3 is 0 Å². The van der Waals surface area contributed by atoms with Crippen molar-refractivity contribution in [1.82, 2.24) is 14.8 Å². The molecule has 2 heterocycles. The molecule has 182 valence electrons. The Morgan fingerprint density at radius 1 is 0.943 bits per heavy atom. The number of rotatable bonds is 6. The SMILES string of the molecule is COc1cc([C@H]2C3=C(C[C@H](c4cc(OC)c(OC)c(OC)c4)CC3=O)Nc3ncnn32)ccc1O. The number of hydrogen-bond donors (Lipinski definition) is 2. The van der Waals surface area contributed by atoms with E-state index in [-0.39, 0.29) is 17.5 Å². The number of benzene rings is 2. The molecule has 1 aliphatic heterocycles. The fourth-order valence-corrected chi connectivity index (χ4v) is 4.90. The number of phenolic OH excluding ortho intramolecular Hbond substituents is 1. The summed E-state index contributed by atoms with van der Waals surface area (Å²) in [5.41, 5.74) is 3.09. The number of allylic oxidation sites excluding steroid dienone is 2. The highest BCUT2D eigenvalue weighted by Crippen LogP contribution is 2.47. The number of hydrogen-bond acceptors (Lipinski definition) is 9. The largest absolute Gasteiger partial charge is 0.504 e. The van der Waals surface area contributed by atoms with Crippen molar-refractivity contribution in [3.63, 3.8) is 0 Å². The molecule has 0 spiro atoms. The summed E-state index contributed by atoms with van der Waals surface area (Å²) in [5, 5.41) is 17.8. The molecule has 0 radical (unpaired) electrons. The van der Waals surface area contributed by atoms with Gasteiger partial charge in [0.1, 0.15) is 12.4 Å². The van der Waals surface area contributed by atoms with Gasteiger partial charge in [0.15, 0.2) is 28.8 Å². The van der Waals surface area contributed by atoms with Crippen LogP contribution < -0.4 is 24.3 Å². The first-order valence-electron chi connectivity index (χ1n) is 11.1. The molecule has 0 bridgehead atoms. The zero-order chi connectivity index (χ0) is 24.7. The Labute approximate surface area is 202 Å². The van der Waals surface area contributed by atoms with E-state index in [0.29, 0.717) is 47.4 Å². The Bertz CT molecular complexity index is 1310. The Balaban J connectivity index is 1.58. The zero-order valence-corrected chi connectivity index (χ0v) is 19.9.